The van der Waals surface area contributed by atoms with E-state index in [-0.39, 0.29) is 66.5 Å². The zero-order valence-corrected chi connectivity index (χ0v) is 70.6. The van der Waals surface area contributed by atoms with Crippen molar-refractivity contribution in [3.63, 3.8) is 0 Å². The molecule has 0 bridgehead atoms. The number of fused-ring (bicyclic) bond motifs is 1. The number of esters is 2. The van der Waals surface area contributed by atoms with Gasteiger partial charge in [0.25, 0.3) is 11.5 Å². The molecule has 3 aromatic carbocycles. The average Bonchev–Trinajstić information content (AvgIpc) is 0.800. The van der Waals surface area contributed by atoms with Gasteiger partial charge >= 0.3 is 24.0 Å². The summed E-state index contributed by atoms with van der Waals surface area (Å²) in [6.45, 7) is 10.4. The lowest BCUT2D eigenvalue weighted by atomic mass is 10.1. The Labute approximate surface area is 682 Å². The highest BCUT2D eigenvalue weighted by atomic mass is 19.4. The summed E-state index contributed by atoms with van der Waals surface area (Å²) in [6, 6.07) is 14.9. The van der Waals surface area contributed by atoms with Crippen molar-refractivity contribution in [2.45, 2.75) is 380 Å². The van der Waals surface area contributed by atoms with E-state index in [1.54, 1.807) is 0 Å². The predicted octanol–water partition coefficient (Wildman–Crippen LogP) is 24.2. The Morgan fingerprint density at radius 1 is 0.456 bits per heavy atom. The van der Waals surface area contributed by atoms with Crippen LogP contribution in [0, 0.1) is 0 Å². The Morgan fingerprint density at radius 2 is 0.816 bits per heavy atom. The molecule has 1 atom stereocenters. The third kappa shape index (κ3) is 43.5. The van der Waals surface area contributed by atoms with Crippen LogP contribution in [-0.2, 0) is 43.2 Å². The summed E-state index contributed by atoms with van der Waals surface area (Å²) in [4.78, 5) is 82.5. The van der Waals surface area contributed by atoms with Crippen molar-refractivity contribution < 1.29 is 60.8 Å². The fourth-order valence-electron chi connectivity index (χ4n) is 14.3. The van der Waals surface area contributed by atoms with Crippen molar-refractivity contribution in [2.24, 2.45) is 0 Å². The smallest absolute Gasteiger partial charge is 0.471 e. The topological polar surface area (TPSA) is 236 Å². The van der Waals surface area contributed by atoms with Crippen LogP contribution in [0.15, 0.2) is 71.7 Å². The maximum atomic E-state index is 14.3. The van der Waals surface area contributed by atoms with E-state index in [0.29, 0.717) is 60.7 Å². The third-order valence-corrected chi connectivity index (χ3v) is 21.3. The van der Waals surface area contributed by atoms with Crippen LogP contribution >= 0.6 is 0 Å². The van der Waals surface area contributed by atoms with Crippen molar-refractivity contribution in [3.05, 3.63) is 99.6 Å². The minimum atomic E-state index is -5.34. The number of hydrogen-bond donors (Lipinski definition) is 3. The van der Waals surface area contributed by atoms with Crippen LogP contribution in [0.1, 0.15) is 376 Å². The second-order valence-electron chi connectivity index (χ2n) is 31.4. The van der Waals surface area contributed by atoms with Crippen molar-refractivity contribution >= 4 is 46.6 Å². The van der Waals surface area contributed by atoms with E-state index in [1.165, 1.54) is 263 Å². The number of aromatic amines is 1. The SMILES string of the molecule is CCCCCCCCCCCCCCOc1ccc(CCOC(=O)CC[C@H](NC(=O)c2ccc(N(Cc3cnc4nc(N)[nH]c(=O)c4n3)C(=O)C(F)(F)F)cc2)C(=O)OCCc2ccc(OCCCCCCCCCCCCCC)c(OCCCCCCCCCCCCCC)c2)cc1OCCCCCCCCCCCCCC. The van der Waals surface area contributed by atoms with E-state index in [0.717, 1.165) is 87.2 Å². The number of anilines is 2. The molecule has 2 aromatic heterocycles. The van der Waals surface area contributed by atoms with E-state index < -0.39 is 48.1 Å². The molecule has 0 saturated carbocycles. The molecule has 2 amide bonds. The van der Waals surface area contributed by atoms with Gasteiger partial charge in [0, 0.05) is 30.5 Å². The maximum absolute atomic E-state index is 14.3. The van der Waals surface area contributed by atoms with Crippen molar-refractivity contribution in [2.75, 3.05) is 50.3 Å². The van der Waals surface area contributed by atoms with E-state index >= 15 is 0 Å². The third-order valence-electron chi connectivity index (χ3n) is 21.3. The van der Waals surface area contributed by atoms with Gasteiger partial charge in [-0.3, -0.25) is 29.1 Å². The lowest BCUT2D eigenvalue weighted by molar-refractivity contribution is -0.170. The summed E-state index contributed by atoms with van der Waals surface area (Å²) in [5.74, 6) is -2.14. The molecule has 2 heterocycles. The van der Waals surface area contributed by atoms with Gasteiger partial charge in [0.1, 0.15) is 6.04 Å². The summed E-state index contributed by atoms with van der Waals surface area (Å²) in [6.07, 6.45) is 55.5. The van der Waals surface area contributed by atoms with Gasteiger partial charge in [-0.05, 0) is 91.8 Å². The number of carbonyl (C=O) groups is 4. The Morgan fingerprint density at radius 3 is 1.19 bits per heavy atom. The molecular formula is C93H146F3N7O11. The highest BCUT2D eigenvalue weighted by Gasteiger charge is 2.43. The standard InChI is InChI=1S/C93H146F3N7O11/c1-5-9-13-17-21-25-29-33-37-41-45-49-65-109-81-60-53-75(71-83(81)111-67-51-47-43-39-35-31-27-23-19-15-11-7-3)63-69-113-85(104)62-59-80(100-88(105)77-55-57-79(58-56-77)103(91(108)93(94,95)96)74-78-73-98-87-86(99-78)89(106)102-92(97)101-87)90(107)114-70-64-76-54-61-82(110-66-50-46-42-38-34-30-26-22-18-14-10-6-2)84(72-76)112-68-52-48-44-40-36-32-28-24-20-16-12-8-4/h53-58,60-61,71-73,80H,5-52,59,62-70,74H2,1-4H3,(H,100,105)(H3,97,98,101,102,106)/t80-/m0/s1. The normalized spacial score (nSPS) is 11.8. The summed E-state index contributed by atoms with van der Waals surface area (Å²) >= 11 is 0. The largest absolute Gasteiger partial charge is 0.490 e. The van der Waals surface area contributed by atoms with Gasteiger partial charge in [-0.25, -0.2) is 14.8 Å². The molecule has 5 rings (SSSR count). The van der Waals surface area contributed by atoms with Gasteiger partial charge in [0.15, 0.2) is 34.2 Å². The summed E-state index contributed by atoms with van der Waals surface area (Å²) < 4.78 is 80.0. The first kappa shape index (κ1) is 97.1. The van der Waals surface area contributed by atoms with Crippen LogP contribution in [0.2, 0.25) is 0 Å². The lowest BCUT2D eigenvalue weighted by Gasteiger charge is -2.24. The number of ether oxygens (including phenoxy) is 6. The second-order valence-corrected chi connectivity index (χ2v) is 31.4. The lowest BCUT2D eigenvalue weighted by Crippen LogP contribution is -2.42. The Balaban J connectivity index is 1.25. The number of rotatable bonds is 71. The molecule has 0 aliphatic heterocycles. The van der Waals surface area contributed by atoms with Crippen LogP contribution in [0.5, 0.6) is 23.0 Å². The molecule has 0 fully saturated rings. The van der Waals surface area contributed by atoms with Gasteiger partial charge in [-0.2, -0.15) is 18.2 Å². The van der Waals surface area contributed by atoms with Crippen LogP contribution in [0.25, 0.3) is 11.2 Å². The predicted molar refractivity (Wildman–Crippen MR) is 455 cm³/mol. The summed E-state index contributed by atoms with van der Waals surface area (Å²) in [5, 5.41) is 2.69. The first-order valence-electron chi connectivity index (χ1n) is 45.0. The van der Waals surface area contributed by atoms with Gasteiger partial charge in [-0.1, -0.05) is 322 Å². The fraction of sp³-hybridized carbons (Fsp3) is 0.699. The number of alkyl halides is 3. The highest BCUT2D eigenvalue weighted by Crippen LogP contribution is 2.33. The number of nitrogens with zero attached hydrogens (tertiary/aromatic N) is 4. The van der Waals surface area contributed by atoms with Crippen LogP contribution < -0.4 is 40.5 Å². The molecule has 18 nitrogen and oxygen atoms in total. The van der Waals surface area contributed by atoms with E-state index in [9.17, 15) is 37.1 Å². The molecule has 0 spiro atoms. The zero-order valence-electron chi connectivity index (χ0n) is 70.6. The van der Waals surface area contributed by atoms with Gasteiger partial charge < -0.3 is 39.5 Å². The van der Waals surface area contributed by atoms with E-state index in [1.807, 2.05) is 36.4 Å². The van der Waals surface area contributed by atoms with E-state index in [4.69, 9.17) is 34.2 Å². The maximum Gasteiger partial charge on any atom is 0.471 e. The van der Waals surface area contributed by atoms with Crippen molar-refractivity contribution in [1.29, 1.82) is 0 Å². The molecule has 4 N–H and O–H groups in total. The fourth-order valence-corrected chi connectivity index (χ4v) is 14.3. The number of carbonyl (C=O) groups excluding carboxylic acids is 4. The molecule has 114 heavy (non-hydrogen) atoms. The molecule has 640 valence electrons. The number of nitrogens with one attached hydrogen (secondary N) is 2. The number of benzene rings is 3. The number of hydrogen-bond acceptors (Lipinski definition) is 15. The minimum Gasteiger partial charge on any atom is -0.490 e. The number of unbranched alkanes of at least 4 members (excludes halogenated alkanes) is 44. The van der Waals surface area contributed by atoms with Crippen LogP contribution in [-0.4, -0.2) is 95.5 Å². The molecule has 0 unspecified atom stereocenters. The Kier molecular flexibility index (Phi) is 52.7. The number of halogens is 3. The number of nitrogens with two attached hydrogens (primary N) is 1. The number of amides is 2. The van der Waals surface area contributed by atoms with Gasteiger partial charge in [0.2, 0.25) is 5.95 Å². The molecule has 0 aliphatic carbocycles. The Bertz CT molecular complexity index is 3430. The van der Waals surface area contributed by atoms with Gasteiger partial charge in [0.05, 0.1) is 58.1 Å². The van der Waals surface area contributed by atoms with Crippen molar-refractivity contribution in [1.82, 2.24) is 25.3 Å². The summed E-state index contributed by atoms with van der Waals surface area (Å²) in [7, 11) is 0. The zero-order chi connectivity index (χ0) is 81.7. The molecule has 21 heteroatoms. The van der Waals surface area contributed by atoms with E-state index in [2.05, 4.69) is 52.9 Å². The number of H-pyrrole nitrogens is 1. The molecule has 0 radical (unpaired) electrons. The van der Waals surface area contributed by atoms with Crippen LogP contribution in [0.4, 0.5) is 24.8 Å². The molecular weight excluding hydrogens is 1450 g/mol. The van der Waals surface area contributed by atoms with Crippen LogP contribution in [0.3, 0.4) is 0 Å². The molecule has 5 aromatic rings. The summed E-state index contributed by atoms with van der Waals surface area (Å²) in [5.41, 5.74) is 5.56. The first-order chi connectivity index (χ1) is 55.6. The number of aromatic nitrogens is 4. The van der Waals surface area contributed by atoms with Gasteiger partial charge in [-0.15, -0.1) is 0 Å². The Hall–Kier alpha value is -7.45. The van der Waals surface area contributed by atoms with Crippen molar-refractivity contribution in [3.8, 4) is 23.0 Å². The highest BCUT2D eigenvalue weighted by molar-refractivity contribution is 5.99. The number of nitrogen functional groups attached to an aromatic ring is 1. The minimum absolute atomic E-state index is 0.0180. The molecule has 0 saturated heterocycles. The average molecular weight is 1600 g/mol. The quantitative estimate of drug-likeness (QED) is 0.0242. The molecule has 0 aliphatic rings. The second kappa shape index (κ2) is 61.9. The monoisotopic (exact) mass is 1590 g/mol. The first-order valence-corrected chi connectivity index (χ1v) is 45.0.